The molecule has 2 aliphatic heterocycles. The molecule has 0 aliphatic carbocycles. The number of pyridine rings is 1. The SMILES string of the molecule is O=C(NCCCCCCCl)OCCCN1CC([N+](=O)[O-])=C2N(Cc3ccc(Cl)nc3)CCN2C1. The van der Waals surface area contributed by atoms with Crippen LogP contribution in [0.2, 0.25) is 5.15 Å². The van der Waals surface area contributed by atoms with Gasteiger partial charge in [0, 0.05) is 44.8 Å². The summed E-state index contributed by atoms with van der Waals surface area (Å²) < 4.78 is 5.23. The van der Waals surface area contributed by atoms with Crippen molar-refractivity contribution in [1.82, 2.24) is 25.0 Å². The van der Waals surface area contributed by atoms with Crippen LogP contribution in [-0.2, 0) is 11.3 Å². The molecule has 3 heterocycles. The molecular formula is C22H32Cl2N6O4. The molecule has 1 aromatic heterocycles. The van der Waals surface area contributed by atoms with Crippen molar-refractivity contribution >= 4 is 29.3 Å². The van der Waals surface area contributed by atoms with Crippen LogP contribution in [0.1, 0.15) is 37.7 Å². The largest absolute Gasteiger partial charge is 0.450 e. The second-order valence-corrected chi connectivity index (χ2v) is 9.18. The number of alkyl carbamates (subject to hydrolysis) is 1. The first-order valence-corrected chi connectivity index (χ1v) is 12.6. The molecule has 0 atom stereocenters. The van der Waals surface area contributed by atoms with E-state index in [9.17, 15) is 14.9 Å². The second-order valence-electron chi connectivity index (χ2n) is 8.41. The average molecular weight is 515 g/mol. The molecule has 0 spiro atoms. The van der Waals surface area contributed by atoms with Gasteiger partial charge in [-0.1, -0.05) is 30.5 Å². The lowest BCUT2D eigenvalue weighted by Crippen LogP contribution is -2.45. The van der Waals surface area contributed by atoms with Crippen LogP contribution in [0.3, 0.4) is 0 Å². The molecule has 1 fully saturated rings. The van der Waals surface area contributed by atoms with Crippen molar-refractivity contribution < 1.29 is 14.5 Å². The number of amides is 1. The third-order valence-corrected chi connectivity index (χ3v) is 6.30. The van der Waals surface area contributed by atoms with Crippen molar-refractivity contribution in [2.45, 2.75) is 38.6 Å². The fourth-order valence-electron chi connectivity index (χ4n) is 4.16. The van der Waals surface area contributed by atoms with Crippen molar-refractivity contribution in [3.05, 3.63) is 50.7 Å². The van der Waals surface area contributed by atoms with E-state index in [1.54, 1.807) is 12.3 Å². The Morgan fingerprint density at radius 2 is 2.03 bits per heavy atom. The summed E-state index contributed by atoms with van der Waals surface area (Å²) in [6, 6.07) is 3.61. The van der Waals surface area contributed by atoms with Crippen molar-refractivity contribution in [2.24, 2.45) is 0 Å². The number of halogens is 2. The highest BCUT2D eigenvalue weighted by molar-refractivity contribution is 6.29. The number of nitro groups is 1. The smallest absolute Gasteiger partial charge is 0.407 e. The minimum Gasteiger partial charge on any atom is -0.450 e. The summed E-state index contributed by atoms with van der Waals surface area (Å²) in [5.41, 5.74) is 1.15. The molecule has 188 valence electrons. The third-order valence-electron chi connectivity index (χ3n) is 5.81. The molecule has 0 bridgehead atoms. The van der Waals surface area contributed by atoms with Crippen molar-refractivity contribution in [1.29, 1.82) is 0 Å². The molecule has 0 saturated carbocycles. The molecule has 34 heavy (non-hydrogen) atoms. The van der Waals surface area contributed by atoms with Gasteiger partial charge in [0.25, 0.3) is 5.70 Å². The van der Waals surface area contributed by atoms with E-state index < -0.39 is 6.09 Å². The molecule has 12 heteroatoms. The Morgan fingerprint density at radius 1 is 1.21 bits per heavy atom. The maximum atomic E-state index is 11.8. The van der Waals surface area contributed by atoms with Gasteiger partial charge in [0.05, 0.1) is 24.7 Å². The molecular weight excluding hydrogens is 483 g/mol. The number of unbranched alkanes of at least 4 members (excludes halogenated alkanes) is 3. The Bertz CT molecular complexity index is 854. The van der Waals surface area contributed by atoms with Gasteiger partial charge in [-0.3, -0.25) is 15.0 Å². The Morgan fingerprint density at radius 3 is 2.76 bits per heavy atom. The lowest BCUT2D eigenvalue weighted by Gasteiger charge is -2.34. The maximum absolute atomic E-state index is 11.8. The van der Waals surface area contributed by atoms with E-state index in [1.807, 2.05) is 20.8 Å². The summed E-state index contributed by atoms with van der Waals surface area (Å²) in [6.45, 7) is 4.29. The van der Waals surface area contributed by atoms with Crippen molar-refractivity contribution in [3.8, 4) is 0 Å². The van der Waals surface area contributed by atoms with Gasteiger partial charge in [-0.2, -0.15) is 0 Å². The zero-order chi connectivity index (χ0) is 24.3. The van der Waals surface area contributed by atoms with Crippen LogP contribution in [0.25, 0.3) is 0 Å². The minimum absolute atomic E-state index is 0.193. The highest BCUT2D eigenvalue weighted by Crippen LogP contribution is 2.29. The van der Waals surface area contributed by atoms with E-state index in [-0.39, 0.29) is 23.8 Å². The first kappa shape index (κ1) is 26.3. The maximum Gasteiger partial charge on any atom is 0.407 e. The Kier molecular flexibility index (Phi) is 10.5. The molecule has 1 N–H and O–H groups in total. The average Bonchev–Trinajstić information content (AvgIpc) is 3.22. The van der Waals surface area contributed by atoms with E-state index in [1.165, 1.54) is 0 Å². The highest BCUT2D eigenvalue weighted by Gasteiger charge is 2.39. The molecule has 10 nitrogen and oxygen atoms in total. The van der Waals surface area contributed by atoms with E-state index >= 15 is 0 Å². The summed E-state index contributed by atoms with van der Waals surface area (Å²) >= 11 is 11.5. The number of carbonyl (C=O) groups excluding carboxylic acids is 1. The van der Waals surface area contributed by atoms with E-state index in [0.29, 0.717) is 62.7 Å². The number of nitrogens with zero attached hydrogens (tertiary/aromatic N) is 5. The fourth-order valence-corrected chi connectivity index (χ4v) is 4.46. The van der Waals surface area contributed by atoms with Gasteiger partial charge < -0.3 is 19.9 Å². The zero-order valence-corrected chi connectivity index (χ0v) is 20.8. The molecule has 1 amide bonds. The van der Waals surface area contributed by atoms with Crippen molar-refractivity contribution in [3.63, 3.8) is 0 Å². The van der Waals surface area contributed by atoms with Crippen LogP contribution < -0.4 is 5.32 Å². The van der Waals surface area contributed by atoms with Crippen LogP contribution in [0.5, 0.6) is 0 Å². The molecule has 1 aromatic rings. The normalized spacial score (nSPS) is 16.1. The van der Waals surface area contributed by atoms with Gasteiger partial charge in [-0.25, -0.2) is 9.78 Å². The highest BCUT2D eigenvalue weighted by atomic mass is 35.5. The molecule has 1 saturated heterocycles. The summed E-state index contributed by atoms with van der Waals surface area (Å²) in [5, 5.41) is 15.0. The lowest BCUT2D eigenvalue weighted by molar-refractivity contribution is -0.433. The van der Waals surface area contributed by atoms with Crippen molar-refractivity contribution in [2.75, 3.05) is 51.9 Å². The van der Waals surface area contributed by atoms with Crippen LogP contribution >= 0.6 is 23.2 Å². The van der Waals surface area contributed by atoms with Gasteiger partial charge >= 0.3 is 6.09 Å². The first-order chi connectivity index (χ1) is 16.5. The summed E-state index contributed by atoms with van der Waals surface area (Å²) in [4.78, 5) is 33.5. The van der Waals surface area contributed by atoms with E-state index in [4.69, 9.17) is 27.9 Å². The van der Waals surface area contributed by atoms with E-state index in [0.717, 1.165) is 31.2 Å². The number of rotatable bonds is 13. The first-order valence-electron chi connectivity index (χ1n) is 11.6. The number of hydrogen-bond acceptors (Lipinski definition) is 8. The fraction of sp³-hybridized carbons (Fsp3) is 0.636. The van der Waals surface area contributed by atoms with E-state index in [2.05, 4.69) is 10.3 Å². The number of fused-ring (bicyclic) bond motifs is 1. The summed E-state index contributed by atoms with van der Waals surface area (Å²) in [5.74, 6) is 1.35. The van der Waals surface area contributed by atoms with Gasteiger partial charge in [-0.15, -0.1) is 11.6 Å². The van der Waals surface area contributed by atoms with Crippen LogP contribution in [0, 0.1) is 10.1 Å². The number of aromatic nitrogens is 1. The summed E-state index contributed by atoms with van der Waals surface area (Å²) in [7, 11) is 0. The molecule has 0 aromatic carbocycles. The Labute approximate surface area is 210 Å². The molecule has 3 rings (SSSR count). The Balaban J connectivity index is 1.43. The number of alkyl halides is 1. The van der Waals surface area contributed by atoms with Gasteiger partial charge in [0.2, 0.25) is 0 Å². The molecule has 2 aliphatic rings. The Hall–Kier alpha value is -2.30. The molecule has 0 radical (unpaired) electrons. The standard InChI is InChI=1S/C22H32Cl2N6O4/c23-8-3-1-2-4-9-25-22(31)34-13-5-10-27-16-19(30(32)33)21-28(11-12-29(21)17-27)15-18-6-7-20(24)26-14-18/h6-7,14H,1-5,8-13,15-17H2,(H,25,31). The molecule has 0 unspecified atom stereocenters. The number of nitrogens with one attached hydrogen (secondary N) is 1. The van der Waals surface area contributed by atoms with Crippen LogP contribution in [0.4, 0.5) is 4.79 Å². The zero-order valence-electron chi connectivity index (χ0n) is 19.3. The predicted octanol–water partition coefficient (Wildman–Crippen LogP) is 3.49. The van der Waals surface area contributed by atoms with Gasteiger partial charge in [0.1, 0.15) is 5.15 Å². The van der Waals surface area contributed by atoms with Crippen LogP contribution in [0.15, 0.2) is 29.8 Å². The van der Waals surface area contributed by atoms with Gasteiger partial charge in [0.15, 0.2) is 5.82 Å². The van der Waals surface area contributed by atoms with Gasteiger partial charge in [-0.05, 0) is 30.9 Å². The van der Waals surface area contributed by atoms with Crippen LogP contribution in [-0.4, -0.2) is 82.6 Å². The number of carbonyl (C=O) groups is 1. The minimum atomic E-state index is -0.420. The number of ether oxygens (including phenoxy) is 1. The predicted molar refractivity (Wildman–Crippen MR) is 130 cm³/mol. The number of hydrogen-bond donors (Lipinski definition) is 1. The topological polar surface area (TPSA) is 104 Å². The quantitative estimate of drug-likeness (QED) is 0.140. The summed E-state index contributed by atoms with van der Waals surface area (Å²) in [6.07, 6.45) is 5.87. The lowest BCUT2D eigenvalue weighted by atomic mass is 10.2. The second kappa shape index (κ2) is 13.6. The third kappa shape index (κ3) is 7.89. The monoisotopic (exact) mass is 514 g/mol.